The van der Waals surface area contributed by atoms with E-state index in [4.69, 9.17) is 18.9 Å². The van der Waals surface area contributed by atoms with Gasteiger partial charge in [-0.25, -0.2) is 0 Å². The third kappa shape index (κ3) is 6.04. The van der Waals surface area contributed by atoms with E-state index < -0.39 is 5.97 Å². The van der Waals surface area contributed by atoms with Crippen molar-refractivity contribution in [1.29, 1.82) is 0 Å². The van der Waals surface area contributed by atoms with E-state index in [1.807, 2.05) is 0 Å². The van der Waals surface area contributed by atoms with Crippen molar-refractivity contribution in [3.8, 4) is 17.2 Å². The van der Waals surface area contributed by atoms with Gasteiger partial charge in [-0.3, -0.25) is 9.59 Å². The van der Waals surface area contributed by atoms with Gasteiger partial charge in [0.25, 0.3) is 5.91 Å². The molecule has 0 radical (unpaired) electrons. The maximum Gasteiger partial charge on any atom is 0.306 e. The number of ether oxygens (including phenoxy) is 4. The van der Waals surface area contributed by atoms with Crippen LogP contribution in [0, 0.1) is 5.92 Å². The van der Waals surface area contributed by atoms with Crippen LogP contribution in [0.5, 0.6) is 17.2 Å². The molecule has 7 heteroatoms. The topological polar surface area (TPSA) is 83.1 Å². The Kier molecular flexibility index (Phi) is 8.42. The molecule has 156 valence electrons. The molecule has 1 amide bonds. The largest absolute Gasteiger partial charge is 0.493 e. The number of aryl methyl sites for hydroxylation is 1. The summed E-state index contributed by atoms with van der Waals surface area (Å²) < 4.78 is 21.0. The van der Waals surface area contributed by atoms with Crippen LogP contribution in [0.2, 0.25) is 0 Å². The molecule has 2 rings (SSSR count). The van der Waals surface area contributed by atoms with Gasteiger partial charge in [-0.1, -0.05) is 19.8 Å². The molecule has 1 saturated carbocycles. The molecule has 7 nitrogen and oxygen atoms in total. The molecule has 0 spiro atoms. The van der Waals surface area contributed by atoms with Crippen molar-refractivity contribution in [3.05, 3.63) is 17.7 Å². The van der Waals surface area contributed by atoms with Crippen molar-refractivity contribution in [2.75, 3.05) is 27.9 Å². The van der Waals surface area contributed by atoms with Gasteiger partial charge in [0.1, 0.15) is 0 Å². The summed E-state index contributed by atoms with van der Waals surface area (Å²) >= 11 is 0. The van der Waals surface area contributed by atoms with E-state index in [0.717, 1.165) is 24.8 Å². The maximum atomic E-state index is 12.0. The van der Waals surface area contributed by atoms with Crippen molar-refractivity contribution in [1.82, 2.24) is 5.32 Å². The van der Waals surface area contributed by atoms with Crippen LogP contribution in [0.4, 0.5) is 0 Å². The summed E-state index contributed by atoms with van der Waals surface area (Å²) in [6.07, 6.45) is 5.05. The molecule has 0 aliphatic heterocycles. The van der Waals surface area contributed by atoms with Crippen LogP contribution in [0.1, 0.15) is 44.6 Å². The molecule has 0 bridgehead atoms. The molecular weight excluding hydrogens is 362 g/mol. The Morgan fingerprint density at radius 3 is 2.25 bits per heavy atom. The number of nitrogens with one attached hydrogen (secondary N) is 1. The Bertz CT molecular complexity index is 650. The second kappa shape index (κ2) is 10.8. The first-order chi connectivity index (χ1) is 13.5. The molecule has 1 aliphatic carbocycles. The molecule has 1 aliphatic rings. The highest BCUT2D eigenvalue weighted by Crippen LogP contribution is 2.38. The first kappa shape index (κ1) is 21.9. The van der Waals surface area contributed by atoms with E-state index >= 15 is 0 Å². The van der Waals surface area contributed by atoms with Gasteiger partial charge in [0.15, 0.2) is 18.1 Å². The number of hydrogen-bond acceptors (Lipinski definition) is 6. The second-order valence-corrected chi connectivity index (χ2v) is 7.13. The Morgan fingerprint density at radius 1 is 1.04 bits per heavy atom. The molecule has 28 heavy (non-hydrogen) atoms. The number of benzene rings is 1. The minimum Gasteiger partial charge on any atom is -0.493 e. The normalized spacial score (nSPS) is 18.9. The molecule has 0 saturated heterocycles. The fourth-order valence-electron chi connectivity index (χ4n) is 3.52. The van der Waals surface area contributed by atoms with Gasteiger partial charge in [0.2, 0.25) is 5.75 Å². The molecule has 1 fully saturated rings. The molecule has 2 atom stereocenters. The zero-order chi connectivity index (χ0) is 20.5. The predicted molar refractivity (Wildman–Crippen MR) is 105 cm³/mol. The minimum atomic E-state index is -0.416. The number of carbonyl (C=O) groups is 2. The third-order valence-electron chi connectivity index (χ3n) is 5.16. The van der Waals surface area contributed by atoms with Gasteiger partial charge in [0.05, 0.1) is 21.3 Å². The van der Waals surface area contributed by atoms with Gasteiger partial charge in [-0.2, -0.15) is 0 Å². The molecule has 0 aromatic heterocycles. The summed E-state index contributed by atoms with van der Waals surface area (Å²) in [7, 11) is 4.62. The van der Waals surface area contributed by atoms with Crippen molar-refractivity contribution >= 4 is 11.9 Å². The highest BCUT2D eigenvalue weighted by molar-refractivity contribution is 5.80. The molecular formula is C21H31NO6. The van der Waals surface area contributed by atoms with Crippen LogP contribution in [0.25, 0.3) is 0 Å². The van der Waals surface area contributed by atoms with E-state index in [2.05, 4.69) is 12.2 Å². The number of amides is 1. The Morgan fingerprint density at radius 2 is 1.68 bits per heavy atom. The van der Waals surface area contributed by atoms with Gasteiger partial charge in [-0.15, -0.1) is 0 Å². The van der Waals surface area contributed by atoms with Crippen LogP contribution < -0.4 is 19.5 Å². The van der Waals surface area contributed by atoms with E-state index in [1.165, 1.54) is 13.5 Å². The number of esters is 1. The Hall–Kier alpha value is -2.44. The second-order valence-electron chi connectivity index (χ2n) is 7.13. The lowest BCUT2D eigenvalue weighted by Crippen LogP contribution is -2.42. The number of carbonyl (C=O) groups excluding carboxylic acids is 2. The quantitative estimate of drug-likeness (QED) is 0.650. The number of methoxy groups -OCH3 is 3. The molecule has 1 aromatic rings. The van der Waals surface area contributed by atoms with Crippen molar-refractivity contribution in [2.45, 2.75) is 51.5 Å². The smallest absolute Gasteiger partial charge is 0.306 e. The van der Waals surface area contributed by atoms with E-state index in [9.17, 15) is 9.59 Å². The lowest BCUT2D eigenvalue weighted by molar-refractivity contribution is -0.148. The summed E-state index contributed by atoms with van der Waals surface area (Å²) in [5.74, 6) is 1.39. The molecule has 0 heterocycles. The standard InChI is InChI=1S/C21H31NO6/c1-14-7-5-6-8-16(14)22-19(23)13-28-20(24)10-9-15-11-17(25-2)21(27-4)18(12-15)26-3/h11-12,14,16H,5-10,13H2,1-4H3,(H,22,23)/t14-,16-/m1/s1. The summed E-state index contributed by atoms with van der Waals surface area (Å²) in [6.45, 7) is 1.91. The monoisotopic (exact) mass is 393 g/mol. The zero-order valence-corrected chi connectivity index (χ0v) is 17.2. The highest BCUT2D eigenvalue weighted by atomic mass is 16.5. The van der Waals surface area contributed by atoms with Gasteiger partial charge < -0.3 is 24.3 Å². The Balaban J connectivity index is 1.81. The summed E-state index contributed by atoms with van der Waals surface area (Å²) in [4.78, 5) is 24.1. The summed E-state index contributed by atoms with van der Waals surface area (Å²) in [5.41, 5.74) is 0.854. The predicted octanol–water partition coefficient (Wildman–Crippen LogP) is 2.88. The van der Waals surface area contributed by atoms with Crippen LogP contribution in [0.3, 0.4) is 0 Å². The van der Waals surface area contributed by atoms with Crippen molar-refractivity contribution < 1.29 is 28.5 Å². The first-order valence-corrected chi connectivity index (χ1v) is 9.72. The lowest BCUT2D eigenvalue weighted by Gasteiger charge is -2.29. The lowest BCUT2D eigenvalue weighted by atomic mass is 9.86. The van der Waals surface area contributed by atoms with Crippen LogP contribution in [0.15, 0.2) is 12.1 Å². The van der Waals surface area contributed by atoms with Crippen LogP contribution in [-0.2, 0) is 20.7 Å². The summed E-state index contributed by atoms with van der Waals surface area (Å²) in [6, 6.07) is 3.77. The maximum absolute atomic E-state index is 12.0. The molecule has 0 unspecified atom stereocenters. The molecule has 1 aromatic carbocycles. The van der Waals surface area contributed by atoms with Gasteiger partial charge in [-0.05, 0) is 42.9 Å². The van der Waals surface area contributed by atoms with Crippen molar-refractivity contribution in [2.24, 2.45) is 5.92 Å². The van der Waals surface area contributed by atoms with E-state index in [-0.39, 0.29) is 25.0 Å². The van der Waals surface area contributed by atoms with E-state index in [1.54, 1.807) is 26.4 Å². The zero-order valence-electron chi connectivity index (χ0n) is 17.2. The van der Waals surface area contributed by atoms with E-state index in [0.29, 0.717) is 29.6 Å². The summed E-state index contributed by atoms with van der Waals surface area (Å²) in [5, 5.41) is 2.98. The minimum absolute atomic E-state index is 0.158. The van der Waals surface area contributed by atoms with Gasteiger partial charge in [0, 0.05) is 12.5 Å². The SMILES string of the molecule is COc1cc(CCC(=O)OCC(=O)N[C@@H]2CCCC[C@H]2C)cc(OC)c1OC. The highest BCUT2D eigenvalue weighted by Gasteiger charge is 2.23. The molecule has 1 N–H and O–H groups in total. The average molecular weight is 393 g/mol. The van der Waals surface area contributed by atoms with Gasteiger partial charge >= 0.3 is 5.97 Å². The number of hydrogen-bond donors (Lipinski definition) is 1. The number of rotatable bonds is 9. The average Bonchev–Trinajstić information content (AvgIpc) is 2.71. The third-order valence-corrected chi connectivity index (χ3v) is 5.16. The van der Waals surface area contributed by atoms with Crippen LogP contribution >= 0.6 is 0 Å². The van der Waals surface area contributed by atoms with Crippen LogP contribution in [-0.4, -0.2) is 45.9 Å². The fraction of sp³-hybridized carbons (Fsp3) is 0.619. The first-order valence-electron chi connectivity index (χ1n) is 9.72. The fourth-order valence-corrected chi connectivity index (χ4v) is 3.52. The Labute approximate surface area is 166 Å². The van der Waals surface area contributed by atoms with Crippen molar-refractivity contribution in [3.63, 3.8) is 0 Å².